The van der Waals surface area contributed by atoms with E-state index < -0.39 is 0 Å². The van der Waals surface area contributed by atoms with Crippen LogP contribution in [0.15, 0.2) is 0 Å². The summed E-state index contributed by atoms with van der Waals surface area (Å²) in [6.45, 7) is 3.80. The molecule has 0 radical (unpaired) electrons. The molecule has 1 nitrogen and oxygen atoms in total. The van der Waals surface area contributed by atoms with Crippen LogP contribution in [0.25, 0.3) is 0 Å². The lowest BCUT2D eigenvalue weighted by molar-refractivity contribution is 1.62. The molecular weight excluding hydrogens is 69.0 g/mol. The molecular formula is C2H7NP+. The van der Waals surface area contributed by atoms with Crippen LogP contribution < -0.4 is 0 Å². The fourth-order valence-corrected chi connectivity index (χ4v) is 0. The maximum atomic E-state index is 6.65. The van der Waals surface area contributed by atoms with Gasteiger partial charge in [0, 0.05) is 0 Å². The van der Waals surface area contributed by atoms with Crippen molar-refractivity contribution in [2.24, 2.45) is 0 Å². The second-order valence-electron chi connectivity index (χ2n) is 0.894. The highest BCUT2D eigenvalue weighted by molar-refractivity contribution is 7.44. The first-order chi connectivity index (χ1) is 1.73. The van der Waals surface area contributed by atoms with Gasteiger partial charge in [0.25, 0.3) is 0 Å². The van der Waals surface area contributed by atoms with Gasteiger partial charge in [-0.15, -0.1) is 5.16 Å². The van der Waals surface area contributed by atoms with Crippen LogP contribution in [0.4, 0.5) is 0 Å². The summed E-state index contributed by atoms with van der Waals surface area (Å²) in [5.74, 6) is 0. The first kappa shape index (κ1) is 4.10. The van der Waals surface area contributed by atoms with Gasteiger partial charge in [0.2, 0.25) is 0 Å². The van der Waals surface area contributed by atoms with E-state index in [0.29, 0.717) is 0 Å². The third-order valence-corrected chi connectivity index (χ3v) is 0. The molecule has 0 aromatic rings. The van der Waals surface area contributed by atoms with Gasteiger partial charge in [-0.3, -0.25) is 0 Å². The fraction of sp³-hybridized carbons (Fsp3) is 1.00. The molecule has 0 fully saturated rings. The molecule has 0 rings (SSSR count). The zero-order chi connectivity index (χ0) is 3.58. The van der Waals surface area contributed by atoms with Gasteiger partial charge in [-0.1, -0.05) is 0 Å². The summed E-state index contributed by atoms with van der Waals surface area (Å²) in [4.78, 5) is 0. The fourth-order valence-electron chi connectivity index (χ4n) is 0. The molecule has 0 aromatic heterocycles. The highest BCUT2D eigenvalue weighted by atomic mass is 31.1. The Morgan fingerprint density at radius 1 is 1.50 bits per heavy atom. The first-order valence-electron chi connectivity index (χ1n) is 1.12. The first-order valence-corrected chi connectivity index (χ1v) is 3.35. The molecule has 0 saturated carbocycles. The van der Waals surface area contributed by atoms with E-state index in [0.717, 1.165) is 0 Å². The SMILES string of the molecule is C[P+](C)=N. The largest absolute Gasteiger partial charge is 0.189 e. The van der Waals surface area contributed by atoms with E-state index in [2.05, 4.69) is 0 Å². The minimum Gasteiger partial charge on any atom is -0.125 e. The second kappa shape index (κ2) is 1.42. The Hall–Kier alpha value is 0.100. The van der Waals surface area contributed by atoms with Crippen molar-refractivity contribution in [3.05, 3.63) is 0 Å². The Labute approximate surface area is 27.3 Å². The number of hydrogen-bond donors (Lipinski definition) is 1. The van der Waals surface area contributed by atoms with Crippen LogP contribution in [0.2, 0.25) is 0 Å². The molecule has 0 bridgehead atoms. The minimum absolute atomic E-state index is 0.370. The molecule has 24 valence electrons. The molecule has 0 saturated heterocycles. The highest BCUT2D eigenvalue weighted by Crippen LogP contribution is 2.02. The lowest BCUT2D eigenvalue weighted by Gasteiger charge is -1.46. The van der Waals surface area contributed by atoms with Gasteiger partial charge < -0.3 is 0 Å². The molecule has 0 aliphatic rings. The van der Waals surface area contributed by atoms with Crippen molar-refractivity contribution in [2.45, 2.75) is 0 Å². The summed E-state index contributed by atoms with van der Waals surface area (Å²) in [6, 6.07) is 0. The van der Waals surface area contributed by atoms with Crippen LogP contribution in [0.1, 0.15) is 0 Å². The van der Waals surface area contributed by atoms with Crippen molar-refractivity contribution in [3.8, 4) is 0 Å². The summed E-state index contributed by atoms with van der Waals surface area (Å²) < 4.78 is 0. The van der Waals surface area contributed by atoms with Crippen LogP contribution in [0, 0.1) is 5.16 Å². The van der Waals surface area contributed by atoms with Crippen molar-refractivity contribution < 1.29 is 0 Å². The number of rotatable bonds is 0. The summed E-state index contributed by atoms with van der Waals surface area (Å²) in [7, 11) is -0.370. The van der Waals surface area contributed by atoms with Gasteiger partial charge in [0.15, 0.2) is 7.71 Å². The van der Waals surface area contributed by atoms with Crippen molar-refractivity contribution >= 4 is 7.71 Å². The maximum Gasteiger partial charge on any atom is 0.189 e. The van der Waals surface area contributed by atoms with Gasteiger partial charge in [-0.2, -0.15) is 0 Å². The summed E-state index contributed by atoms with van der Waals surface area (Å²) in [5, 5.41) is 6.65. The van der Waals surface area contributed by atoms with Gasteiger partial charge in [-0.25, -0.2) is 0 Å². The third-order valence-electron chi connectivity index (χ3n) is 0. The molecule has 0 aliphatic heterocycles. The average Bonchev–Trinajstić information content (AvgIpc) is 0.811. The molecule has 1 N–H and O–H groups in total. The van der Waals surface area contributed by atoms with Crippen LogP contribution >= 0.6 is 7.71 Å². The van der Waals surface area contributed by atoms with Crippen molar-refractivity contribution in [1.29, 1.82) is 5.16 Å². The lowest BCUT2D eigenvalue weighted by atomic mass is 11.9. The van der Waals surface area contributed by atoms with Gasteiger partial charge >= 0.3 is 0 Å². The van der Waals surface area contributed by atoms with Crippen molar-refractivity contribution in [1.82, 2.24) is 0 Å². The molecule has 0 atom stereocenters. The number of nitrogens with one attached hydrogen (secondary N) is 1. The summed E-state index contributed by atoms with van der Waals surface area (Å²) in [5.41, 5.74) is 0. The van der Waals surface area contributed by atoms with Crippen molar-refractivity contribution in [2.75, 3.05) is 13.3 Å². The molecule has 2 heteroatoms. The highest BCUT2D eigenvalue weighted by Gasteiger charge is 1.71. The Bertz CT molecular complexity index is 29.0. The zero-order valence-corrected chi connectivity index (χ0v) is 3.84. The average molecular weight is 76.1 g/mol. The third kappa shape index (κ3) is 254. The van der Waals surface area contributed by atoms with E-state index in [1.807, 2.05) is 13.3 Å². The maximum absolute atomic E-state index is 6.65. The van der Waals surface area contributed by atoms with E-state index in [4.69, 9.17) is 5.16 Å². The predicted octanol–water partition coefficient (Wildman–Crippen LogP) is 1.49. The quantitative estimate of drug-likeness (QED) is 0.422. The van der Waals surface area contributed by atoms with E-state index in [-0.39, 0.29) is 7.71 Å². The van der Waals surface area contributed by atoms with Crippen molar-refractivity contribution in [3.63, 3.8) is 0 Å². The molecule has 0 amide bonds. The molecule has 0 aromatic carbocycles. The Kier molecular flexibility index (Phi) is 1.46. The van der Waals surface area contributed by atoms with Crippen LogP contribution in [-0.2, 0) is 0 Å². The van der Waals surface area contributed by atoms with Crippen LogP contribution in [0.3, 0.4) is 0 Å². The Balaban J connectivity index is 2.80. The molecule has 0 aliphatic carbocycles. The minimum atomic E-state index is -0.370. The molecule has 0 spiro atoms. The molecule has 4 heavy (non-hydrogen) atoms. The Morgan fingerprint density at radius 2 is 1.50 bits per heavy atom. The summed E-state index contributed by atoms with van der Waals surface area (Å²) in [6.07, 6.45) is 0. The molecule has 0 unspecified atom stereocenters. The normalized spacial score (nSPS) is 6.50. The second-order valence-corrected chi connectivity index (χ2v) is 2.68. The van der Waals surface area contributed by atoms with E-state index >= 15 is 0 Å². The monoisotopic (exact) mass is 76.0 g/mol. The smallest absolute Gasteiger partial charge is 0.125 e. The lowest BCUT2D eigenvalue weighted by Crippen LogP contribution is -1.31. The van der Waals surface area contributed by atoms with Gasteiger partial charge in [0.05, 0.1) is 0 Å². The van der Waals surface area contributed by atoms with E-state index in [1.165, 1.54) is 0 Å². The van der Waals surface area contributed by atoms with Crippen LogP contribution in [0.5, 0.6) is 0 Å². The van der Waals surface area contributed by atoms with Gasteiger partial charge in [0.1, 0.15) is 13.3 Å². The van der Waals surface area contributed by atoms with Gasteiger partial charge in [-0.05, 0) is 0 Å². The topological polar surface area (TPSA) is 23.9 Å². The van der Waals surface area contributed by atoms with E-state index in [1.54, 1.807) is 0 Å². The number of hydrogen-bond acceptors (Lipinski definition) is 1. The summed E-state index contributed by atoms with van der Waals surface area (Å²) >= 11 is 0. The molecule has 0 heterocycles. The Morgan fingerprint density at radius 3 is 1.50 bits per heavy atom. The van der Waals surface area contributed by atoms with Crippen LogP contribution in [-0.4, -0.2) is 13.3 Å². The van der Waals surface area contributed by atoms with E-state index in [9.17, 15) is 0 Å². The predicted molar refractivity (Wildman–Crippen MR) is 21.5 cm³/mol. The standard InChI is InChI=1S/C2H7NP/c1-4(2)3/h3H,1-2H3/q+1. The zero-order valence-electron chi connectivity index (χ0n) is 2.95.